The molecule has 1 N–H and O–H groups in total. The van der Waals surface area contributed by atoms with E-state index < -0.39 is 10.8 Å². The SMILES string of the molecule is CC1CNC(C2CC2)CN1C(C)CS(C)=O. The van der Waals surface area contributed by atoms with Crippen molar-refractivity contribution in [1.29, 1.82) is 0 Å². The van der Waals surface area contributed by atoms with E-state index in [9.17, 15) is 4.21 Å². The molecule has 4 atom stereocenters. The number of nitrogens with one attached hydrogen (secondary N) is 1. The monoisotopic (exact) mass is 244 g/mol. The highest BCUT2D eigenvalue weighted by molar-refractivity contribution is 7.84. The summed E-state index contributed by atoms with van der Waals surface area (Å²) in [6.07, 6.45) is 4.60. The third kappa shape index (κ3) is 3.05. The van der Waals surface area contributed by atoms with Crippen LogP contribution < -0.4 is 5.32 Å². The van der Waals surface area contributed by atoms with Crippen LogP contribution in [0.1, 0.15) is 26.7 Å². The van der Waals surface area contributed by atoms with E-state index in [1.165, 1.54) is 12.8 Å². The summed E-state index contributed by atoms with van der Waals surface area (Å²) >= 11 is 0. The van der Waals surface area contributed by atoms with Crippen LogP contribution in [-0.2, 0) is 10.8 Å². The minimum absolute atomic E-state index is 0.448. The van der Waals surface area contributed by atoms with Gasteiger partial charge in [-0.1, -0.05) is 0 Å². The van der Waals surface area contributed by atoms with Crippen molar-refractivity contribution >= 4 is 10.8 Å². The average molecular weight is 244 g/mol. The molecule has 0 radical (unpaired) electrons. The van der Waals surface area contributed by atoms with Gasteiger partial charge in [-0.05, 0) is 32.6 Å². The number of rotatable bonds is 4. The smallest absolute Gasteiger partial charge is 0.0385 e. The zero-order valence-corrected chi connectivity index (χ0v) is 11.4. The summed E-state index contributed by atoms with van der Waals surface area (Å²) in [5.74, 6) is 1.72. The third-order valence-corrected chi connectivity index (χ3v) is 4.83. The van der Waals surface area contributed by atoms with Crippen LogP contribution in [0.25, 0.3) is 0 Å². The lowest BCUT2D eigenvalue weighted by atomic mass is 10.0. The van der Waals surface area contributed by atoms with Crippen LogP contribution in [0.2, 0.25) is 0 Å². The number of hydrogen-bond donors (Lipinski definition) is 1. The molecule has 0 aromatic rings. The molecule has 1 heterocycles. The Morgan fingerprint density at radius 3 is 2.75 bits per heavy atom. The summed E-state index contributed by atoms with van der Waals surface area (Å²) in [4.78, 5) is 2.54. The molecular formula is C12H24N2OS. The van der Waals surface area contributed by atoms with Gasteiger partial charge in [-0.2, -0.15) is 0 Å². The van der Waals surface area contributed by atoms with E-state index in [1.54, 1.807) is 0 Å². The second kappa shape index (κ2) is 5.15. The van der Waals surface area contributed by atoms with E-state index in [0.29, 0.717) is 18.1 Å². The first-order chi connectivity index (χ1) is 7.58. The van der Waals surface area contributed by atoms with Crippen LogP contribution in [0.15, 0.2) is 0 Å². The summed E-state index contributed by atoms with van der Waals surface area (Å²) in [6.45, 7) is 6.71. The minimum atomic E-state index is -0.681. The third-order valence-electron chi connectivity index (χ3n) is 3.88. The lowest BCUT2D eigenvalue weighted by molar-refractivity contribution is 0.102. The van der Waals surface area contributed by atoms with Crippen molar-refractivity contribution in [2.24, 2.45) is 5.92 Å². The molecule has 1 aliphatic carbocycles. The standard InChI is InChI=1S/C12H24N2OS/c1-9-6-13-12(11-4-5-11)7-14(9)10(2)8-16(3)15/h9-13H,4-8H2,1-3H3. The largest absolute Gasteiger partial charge is 0.311 e. The van der Waals surface area contributed by atoms with Gasteiger partial charge in [-0.3, -0.25) is 9.11 Å². The quantitative estimate of drug-likeness (QED) is 0.795. The van der Waals surface area contributed by atoms with Gasteiger partial charge in [0.1, 0.15) is 0 Å². The normalized spacial score (nSPS) is 35.9. The van der Waals surface area contributed by atoms with Crippen LogP contribution >= 0.6 is 0 Å². The van der Waals surface area contributed by atoms with Crippen molar-refractivity contribution in [3.63, 3.8) is 0 Å². The topological polar surface area (TPSA) is 32.3 Å². The maximum atomic E-state index is 11.3. The average Bonchev–Trinajstić information content (AvgIpc) is 3.00. The predicted molar refractivity (Wildman–Crippen MR) is 69.1 cm³/mol. The van der Waals surface area contributed by atoms with E-state index in [4.69, 9.17) is 0 Å². The van der Waals surface area contributed by atoms with E-state index in [2.05, 4.69) is 24.1 Å². The molecule has 0 aromatic carbocycles. The molecule has 94 valence electrons. The zero-order valence-electron chi connectivity index (χ0n) is 10.6. The molecule has 0 aromatic heterocycles. The van der Waals surface area contributed by atoms with E-state index >= 15 is 0 Å². The number of nitrogens with zero attached hydrogens (tertiary/aromatic N) is 1. The van der Waals surface area contributed by atoms with Crippen molar-refractivity contribution in [3.8, 4) is 0 Å². The highest BCUT2D eigenvalue weighted by Gasteiger charge is 2.37. The van der Waals surface area contributed by atoms with Gasteiger partial charge in [0.25, 0.3) is 0 Å². The van der Waals surface area contributed by atoms with E-state index in [-0.39, 0.29) is 0 Å². The summed E-state index contributed by atoms with van der Waals surface area (Å²) in [5.41, 5.74) is 0. The zero-order chi connectivity index (χ0) is 11.7. The Bertz CT molecular complexity index is 268. The molecule has 2 rings (SSSR count). The molecular weight excluding hydrogens is 220 g/mol. The molecule has 2 aliphatic rings. The maximum absolute atomic E-state index is 11.3. The van der Waals surface area contributed by atoms with E-state index in [1.807, 2.05) is 6.26 Å². The van der Waals surface area contributed by atoms with Crippen molar-refractivity contribution in [1.82, 2.24) is 10.2 Å². The molecule has 16 heavy (non-hydrogen) atoms. The Morgan fingerprint density at radius 2 is 2.19 bits per heavy atom. The first kappa shape index (κ1) is 12.5. The van der Waals surface area contributed by atoms with Crippen LogP contribution in [0.4, 0.5) is 0 Å². The summed E-state index contributed by atoms with van der Waals surface area (Å²) < 4.78 is 11.3. The van der Waals surface area contributed by atoms with Crippen LogP contribution in [0.3, 0.4) is 0 Å². The first-order valence-electron chi connectivity index (χ1n) is 6.37. The van der Waals surface area contributed by atoms with Gasteiger partial charge in [0, 0.05) is 54.0 Å². The fourth-order valence-corrected chi connectivity index (χ4v) is 3.65. The Balaban J connectivity index is 1.91. The van der Waals surface area contributed by atoms with Gasteiger partial charge in [0.05, 0.1) is 0 Å². The van der Waals surface area contributed by atoms with Crippen LogP contribution in [0, 0.1) is 5.92 Å². The summed E-state index contributed by atoms with van der Waals surface area (Å²) in [5, 5.41) is 3.65. The predicted octanol–water partition coefficient (Wildman–Crippen LogP) is 0.826. The Kier molecular flexibility index (Phi) is 4.03. The number of hydrogen-bond acceptors (Lipinski definition) is 3. The maximum Gasteiger partial charge on any atom is 0.0385 e. The summed E-state index contributed by atoms with van der Waals surface area (Å²) in [6, 6.07) is 1.71. The Morgan fingerprint density at radius 1 is 1.50 bits per heavy atom. The van der Waals surface area contributed by atoms with Crippen molar-refractivity contribution in [2.45, 2.75) is 44.8 Å². The molecule has 0 bridgehead atoms. The lowest BCUT2D eigenvalue weighted by Crippen LogP contribution is -2.59. The molecule has 4 unspecified atom stereocenters. The molecule has 3 nitrogen and oxygen atoms in total. The number of piperazine rings is 1. The van der Waals surface area contributed by atoms with Crippen molar-refractivity contribution < 1.29 is 4.21 Å². The van der Waals surface area contributed by atoms with Crippen molar-refractivity contribution in [2.75, 3.05) is 25.1 Å². The highest BCUT2D eigenvalue weighted by Crippen LogP contribution is 2.34. The molecule has 2 fully saturated rings. The van der Waals surface area contributed by atoms with E-state index in [0.717, 1.165) is 24.8 Å². The molecule has 0 amide bonds. The minimum Gasteiger partial charge on any atom is -0.311 e. The molecule has 1 aliphatic heterocycles. The molecule has 0 spiro atoms. The second-order valence-corrected chi connectivity index (χ2v) is 6.97. The fourth-order valence-electron chi connectivity index (χ4n) is 2.77. The Hall–Kier alpha value is 0.0700. The molecule has 1 saturated heterocycles. The first-order valence-corrected chi connectivity index (χ1v) is 8.09. The lowest BCUT2D eigenvalue weighted by Gasteiger charge is -2.42. The van der Waals surface area contributed by atoms with Gasteiger partial charge >= 0.3 is 0 Å². The second-order valence-electron chi connectivity index (χ2n) is 5.49. The van der Waals surface area contributed by atoms with Gasteiger partial charge in [0.2, 0.25) is 0 Å². The Labute approximate surface area is 101 Å². The molecule has 4 heteroatoms. The highest BCUT2D eigenvalue weighted by atomic mass is 32.2. The van der Waals surface area contributed by atoms with Crippen molar-refractivity contribution in [3.05, 3.63) is 0 Å². The summed E-state index contributed by atoms with van der Waals surface area (Å²) in [7, 11) is -0.681. The van der Waals surface area contributed by atoms with Crippen LogP contribution in [-0.4, -0.2) is 52.3 Å². The fraction of sp³-hybridized carbons (Fsp3) is 1.00. The van der Waals surface area contributed by atoms with Gasteiger partial charge in [0.15, 0.2) is 0 Å². The van der Waals surface area contributed by atoms with Gasteiger partial charge in [-0.25, -0.2) is 0 Å². The molecule has 1 saturated carbocycles. The van der Waals surface area contributed by atoms with Gasteiger partial charge < -0.3 is 5.32 Å². The van der Waals surface area contributed by atoms with Gasteiger partial charge in [-0.15, -0.1) is 0 Å². The van der Waals surface area contributed by atoms with Crippen LogP contribution in [0.5, 0.6) is 0 Å².